The van der Waals surface area contributed by atoms with Crippen molar-refractivity contribution in [2.45, 2.75) is 12.1 Å². The largest absolute Gasteiger partial charge is 0.357 e. The van der Waals surface area contributed by atoms with Gasteiger partial charge in [-0.25, -0.2) is 4.79 Å². The zero-order chi connectivity index (χ0) is 20.7. The first kappa shape index (κ1) is 20.6. The SMILES string of the molecule is C=CCC1(OC)CNCCN1c1ccccc1.O=c1[nH]c(=O)c2ccccc2[nH]1. The normalized spacial score (nSPS) is 18.7. The molecular weight excluding hydrogens is 368 g/mol. The summed E-state index contributed by atoms with van der Waals surface area (Å²) in [7, 11) is 1.77. The molecule has 1 aliphatic rings. The Balaban J connectivity index is 0.000000176. The molecule has 2 heterocycles. The van der Waals surface area contributed by atoms with Crippen LogP contribution in [0.2, 0.25) is 0 Å². The number of methoxy groups -OCH3 is 1. The molecule has 2 aromatic carbocycles. The summed E-state index contributed by atoms with van der Waals surface area (Å²) in [5, 5.41) is 3.89. The molecule has 0 amide bonds. The molecule has 0 radical (unpaired) electrons. The molecule has 1 atom stereocenters. The number of nitrogens with zero attached hydrogens (tertiary/aromatic N) is 1. The first-order valence-corrected chi connectivity index (χ1v) is 9.50. The number of hydrogen-bond donors (Lipinski definition) is 3. The fraction of sp³-hybridized carbons (Fsp3) is 0.273. The van der Waals surface area contributed by atoms with Crippen molar-refractivity contribution in [3.05, 3.63) is 88.1 Å². The topological polar surface area (TPSA) is 90.2 Å². The standard InChI is InChI=1S/C14H20N2O.C8H6N2O2/c1-3-9-14(17-2)12-15-10-11-16(14)13-7-5-4-6-8-13;11-7-5-3-1-2-4-6(5)9-8(12)10-7/h3-8,15H,1,9-12H2,2H3;1-4H,(H2,9,10,11,12). The van der Waals surface area contributed by atoms with Gasteiger partial charge in [0.15, 0.2) is 5.72 Å². The van der Waals surface area contributed by atoms with E-state index in [0.29, 0.717) is 10.9 Å². The van der Waals surface area contributed by atoms with Crippen molar-refractivity contribution in [3.63, 3.8) is 0 Å². The molecule has 0 saturated carbocycles. The molecule has 1 aromatic heterocycles. The second-order valence-corrected chi connectivity index (χ2v) is 6.76. The number of nitrogens with one attached hydrogen (secondary N) is 3. The van der Waals surface area contributed by atoms with Crippen molar-refractivity contribution >= 4 is 16.6 Å². The Morgan fingerprint density at radius 3 is 2.55 bits per heavy atom. The van der Waals surface area contributed by atoms with Crippen molar-refractivity contribution in [2.24, 2.45) is 0 Å². The zero-order valence-corrected chi connectivity index (χ0v) is 16.5. The van der Waals surface area contributed by atoms with Crippen LogP contribution in [-0.2, 0) is 4.74 Å². The number of H-pyrrole nitrogens is 2. The molecule has 152 valence electrons. The smallest absolute Gasteiger partial charge is 0.326 e. The van der Waals surface area contributed by atoms with E-state index in [9.17, 15) is 9.59 Å². The summed E-state index contributed by atoms with van der Waals surface area (Å²) < 4.78 is 5.78. The van der Waals surface area contributed by atoms with Crippen LogP contribution in [0.1, 0.15) is 6.42 Å². The summed E-state index contributed by atoms with van der Waals surface area (Å²) in [6.45, 7) is 6.60. The van der Waals surface area contributed by atoms with Gasteiger partial charge >= 0.3 is 5.69 Å². The van der Waals surface area contributed by atoms with Gasteiger partial charge in [-0.15, -0.1) is 6.58 Å². The van der Waals surface area contributed by atoms with E-state index < -0.39 is 5.69 Å². The highest BCUT2D eigenvalue weighted by Crippen LogP contribution is 2.29. The Kier molecular flexibility index (Phi) is 6.64. The van der Waals surface area contributed by atoms with Crippen LogP contribution in [0.4, 0.5) is 5.69 Å². The number of anilines is 1. The maximum Gasteiger partial charge on any atom is 0.326 e. The number of aromatic amines is 2. The van der Waals surface area contributed by atoms with Gasteiger partial charge in [-0.05, 0) is 24.3 Å². The Morgan fingerprint density at radius 2 is 1.83 bits per heavy atom. The van der Waals surface area contributed by atoms with Gasteiger partial charge in [0.05, 0.1) is 10.9 Å². The van der Waals surface area contributed by atoms with Crippen LogP contribution in [0.25, 0.3) is 10.9 Å². The third kappa shape index (κ3) is 4.64. The molecule has 1 unspecified atom stereocenters. The third-order valence-corrected chi connectivity index (χ3v) is 4.96. The molecule has 4 rings (SSSR count). The van der Waals surface area contributed by atoms with Crippen LogP contribution in [0.5, 0.6) is 0 Å². The number of ether oxygens (including phenoxy) is 1. The zero-order valence-electron chi connectivity index (χ0n) is 16.5. The molecule has 7 heteroatoms. The van der Waals surface area contributed by atoms with Gasteiger partial charge in [0.2, 0.25) is 0 Å². The van der Waals surface area contributed by atoms with Gasteiger partial charge in [0.25, 0.3) is 5.56 Å². The van der Waals surface area contributed by atoms with Gasteiger partial charge in [0, 0.05) is 38.9 Å². The number of hydrogen-bond acceptors (Lipinski definition) is 5. The molecule has 3 aromatic rings. The van der Waals surface area contributed by atoms with Gasteiger partial charge < -0.3 is 19.9 Å². The van der Waals surface area contributed by atoms with Gasteiger partial charge in [-0.1, -0.05) is 36.4 Å². The quantitative estimate of drug-likeness (QED) is 0.591. The highest BCUT2D eigenvalue weighted by atomic mass is 16.5. The Hall–Kier alpha value is -3.16. The lowest BCUT2D eigenvalue weighted by Gasteiger charge is -2.47. The Bertz CT molecular complexity index is 1060. The molecule has 0 aliphatic carbocycles. The maximum atomic E-state index is 11.1. The predicted molar refractivity (Wildman–Crippen MR) is 116 cm³/mol. The summed E-state index contributed by atoms with van der Waals surface area (Å²) in [5.74, 6) is 0. The van der Waals surface area contributed by atoms with Crippen molar-refractivity contribution < 1.29 is 4.74 Å². The lowest BCUT2D eigenvalue weighted by molar-refractivity contribution is -0.0184. The van der Waals surface area contributed by atoms with Crippen molar-refractivity contribution in [1.82, 2.24) is 15.3 Å². The van der Waals surface area contributed by atoms with E-state index in [4.69, 9.17) is 4.74 Å². The fourth-order valence-electron chi connectivity index (χ4n) is 3.53. The summed E-state index contributed by atoms with van der Waals surface area (Å²) in [6, 6.07) is 17.3. The number of piperazine rings is 1. The molecule has 0 bridgehead atoms. The van der Waals surface area contributed by atoms with E-state index in [1.165, 1.54) is 5.69 Å². The first-order chi connectivity index (χ1) is 14.1. The second-order valence-electron chi connectivity index (χ2n) is 6.76. The average molecular weight is 394 g/mol. The van der Waals surface area contributed by atoms with E-state index in [-0.39, 0.29) is 11.3 Å². The van der Waals surface area contributed by atoms with E-state index >= 15 is 0 Å². The fourth-order valence-corrected chi connectivity index (χ4v) is 3.53. The molecule has 7 nitrogen and oxygen atoms in total. The lowest BCUT2D eigenvalue weighted by Crippen LogP contribution is -2.62. The summed E-state index contributed by atoms with van der Waals surface area (Å²) >= 11 is 0. The summed E-state index contributed by atoms with van der Waals surface area (Å²) in [6.07, 6.45) is 2.73. The highest BCUT2D eigenvalue weighted by molar-refractivity contribution is 5.76. The first-order valence-electron chi connectivity index (χ1n) is 9.50. The molecule has 0 spiro atoms. The highest BCUT2D eigenvalue weighted by Gasteiger charge is 2.38. The monoisotopic (exact) mass is 394 g/mol. The van der Waals surface area contributed by atoms with Crippen LogP contribution in [-0.4, -0.2) is 42.4 Å². The second kappa shape index (κ2) is 9.36. The Morgan fingerprint density at radius 1 is 1.10 bits per heavy atom. The van der Waals surface area contributed by atoms with Crippen LogP contribution in [0.3, 0.4) is 0 Å². The molecule has 1 aliphatic heterocycles. The summed E-state index contributed by atoms with van der Waals surface area (Å²) in [5.41, 5.74) is 0.637. The lowest BCUT2D eigenvalue weighted by atomic mass is 10.0. The van der Waals surface area contributed by atoms with E-state index in [0.717, 1.165) is 26.1 Å². The predicted octanol–water partition coefficient (Wildman–Crippen LogP) is 2.23. The number of aromatic nitrogens is 2. The molecule has 1 fully saturated rings. The van der Waals surface area contributed by atoms with Gasteiger partial charge in [-0.2, -0.15) is 0 Å². The third-order valence-electron chi connectivity index (χ3n) is 4.96. The Labute approximate surface area is 169 Å². The van der Waals surface area contributed by atoms with Gasteiger partial charge in [-0.3, -0.25) is 9.78 Å². The minimum absolute atomic E-state index is 0.304. The van der Waals surface area contributed by atoms with Crippen LogP contribution in [0, 0.1) is 0 Å². The van der Waals surface area contributed by atoms with Crippen LogP contribution >= 0.6 is 0 Å². The molecule has 3 N–H and O–H groups in total. The molecule has 1 saturated heterocycles. The van der Waals surface area contributed by atoms with Crippen molar-refractivity contribution in [2.75, 3.05) is 31.6 Å². The molecule has 29 heavy (non-hydrogen) atoms. The summed E-state index contributed by atoms with van der Waals surface area (Å²) in [4.78, 5) is 28.9. The minimum Gasteiger partial charge on any atom is -0.357 e. The van der Waals surface area contributed by atoms with Gasteiger partial charge in [0.1, 0.15) is 0 Å². The minimum atomic E-state index is -0.473. The number of benzene rings is 2. The molecular formula is C22H26N4O3. The average Bonchev–Trinajstić information content (AvgIpc) is 2.75. The van der Waals surface area contributed by atoms with Crippen LogP contribution < -0.4 is 21.5 Å². The number of fused-ring (bicyclic) bond motifs is 1. The van der Waals surface area contributed by atoms with Crippen molar-refractivity contribution in [3.8, 4) is 0 Å². The van der Waals surface area contributed by atoms with Crippen molar-refractivity contribution in [1.29, 1.82) is 0 Å². The van der Waals surface area contributed by atoms with E-state index in [2.05, 4.69) is 51.0 Å². The maximum absolute atomic E-state index is 11.1. The van der Waals surface area contributed by atoms with E-state index in [1.807, 2.05) is 12.1 Å². The number of para-hydroxylation sites is 2. The number of rotatable bonds is 4. The van der Waals surface area contributed by atoms with E-state index in [1.54, 1.807) is 31.4 Å². The van der Waals surface area contributed by atoms with Crippen LogP contribution in [0.15, 0.2) is 76.8 Å².